The summed E-state index contributed by atoms with van der Waals surface area (Å²) in [5.74, 6) is 0. The molecule has 60 heavy (non-hydrogen) atoms. The molecule has 0 N–H and O–H groups in total. The van der Waals surface area contributed by atoms with Crippen molar-refractivity contribution >= 4 is 32.3 Å². The second kappa shape index (κ2) is 15.2. The van der Waals surface area contributed by atoms with Gasteiger partial charge in [-0.1, -0.05) is 231 Å². The maximum Gasteiger partial charge on any atom is -0.00141 e. The van der Waals surface area contributed by atoms with E-state index in [9.17, 15) is 0 Å². The third-order valence-electron chi connectivity index (χ3n) is 12.0. The Morgan fingerprint density at radius 1 is 0.133 bits per heavy atom. The van der Waals surface area contributed by atoms with Gasteiger partial charge in [-0.15, -0.1) is 0 Å². The molecular weight excluding hydrogens is 721 g/mol. The van der Waals surface area contributed by atoms with Crippen LogP contribution >= 0.6 is 0 Å². The molecule has 0 saturated heterocycles. The summed E-state index contributed by atoms with van der Waals surface area (Å²) < 4.78 is 0. The Labute approximate surface area is 351 Å². The minimum Gasteiger partial charge on any atom is -0.0622 e. The first-order valence-corrected chi connectivity index (χ1v) is 20.8. The zero-order valence-corrected chi connectivity index (χ0v) is 33.1. The highest BCUT2D eigenvalue weighted by Crippen LogP contribution is 2.52. The molecule has 0 amide bonds. The van der Waals surface area contributed by atoms with Crippen LogP contribution in [0.4, 0.5) is 0 Å². The molecule has 11 rings (SSSR count). The van der Waals surface area contributed by atoms with Gasteiger partial charge in [-0.3, -0.25) is 0 Å². The van der Waals surface area contributed by atoms with E-state index in [2.05, 4.69) is 243 Å². The van der Waals surface area contributed by atoms with Crippen LogP contribution in [-0.4, -0.2) is 0 Å². The maximum absolute atomic E-state index is 2.45. The summed E-state index contributed by atoms with van der Waals surface area (Å²) in [5, 5.41) is 7.46. The monoisotopic (exact) mass is 760 g/mol. The minimum absolute atomic E-state index is 1.18. The van der Waals surface area contributed by atoms with Gasteiger partial charge in [0.2, 0.25) is 0 Å². The van der Waals surface area contributed by atoms with Gasteiger partial charge >= 0.3 is 0 Å². The lowest BCUT2D eigenvalue weighted by molar-refractivity contribution is 1.56. The average Bonchev–Trinajstić information content (AvgIpc) is 3.33. The van der Waals surface area contributed by atoms with E-state index in [1.54, 1.807) is 0 Å². The van der Waals surface area contributed by atoms with Gasteiger partial charge in [-0.05, 0) is 122 Å². The third kappa shape index (κ3) is 6.09. The van der Waals surface area contributed by atoms with E-state index in [-0.39, 0.29) is 0 Å². The van der Waals surface area contributed by atoms with Crippen molar-refractivity contribution in [2.24, 2.45) is 0 Å². The summed E-state index contributed by atoms with van der Waals surface area (Å²) in [6.07, 6.45) is 0. The van der Waals surface area contributed by atoms with Gasteiger partial charge < -0.3 is 0 Å². The van der Waals surface area contributed by atoms with E-state index in [0.717, 1.165) is 0 Å². The Balaban J connectivity index is 1.27. The molecule has 0 atom stereocenters. The smallest absolute Gasteiger partial charge is 0.00141 e. The molecule has 0 unspecified atom stereocenters. The molecule has 0 nitrogen and oxygen atoms in total. The van der Waals surface area contributed by atoms with Gasteiger partial charge in [0.15, 0.2) is 0 Å². The summed E-state index contributed by atoms with van der Waals surface area (Å²) in [4.78, 5) is 0. The Morgan fingerprint density at radius 2 is 0.367 bits per heavy atom. The Bertz CT molecular complexity index is 3300. The van der Waals surface area contributed by atoms with Crippen LogP contribution in [0.3, 0.4) is 0 Å². The van der Waals surface area contributed by atoms with Crippen LogP contribution in [0.15, 0.2) is 243 Å². The zero-order valence-electron chi connectivity index (χ0n) is 33.1. The quantitative estimate of drug-likeness (QED) is 0.142. The number of rotatable bonds is 7. The van der Waals surface area contributed by atoms with Gasteiger partial charge in [0.1, 0.15) is 0 Å². The fourth-order valence-electron chi connectivity index (χ4n) is 9.45. The van der Waals surface area contributed by atoms with Crippen molar-refractivity contribution in [1.82, 2.24) is 0 Å². The molecular formula is C60H40. The first-order valence-electron chi connectivity index (χ1n) is 20.8. The molecule has 11 aromatic rings. The first kappa shape index (κ1) is 35.4. The molecule has 0 aliphatic rings. The van der Waals surface area contributed by atoms with Crippen LogP contribution < -0.4 is 0 Å². The molecule has 0 aliphatic heterocycles. The summed E-state index contributed by atoms with van der Waals surface area (Å²) in [6.45, 7) is 0. The van der Waals surface area contributed by atoms with Crippen molar-refractivity contribution in [3.63, 3.8) is 0 Å². The van der Waals surface area contributed by atoms with Crippen molar-refractivity contribution in [2.75, 3.05) is 0 Å². The van der Waals surface area contributed by atoms with E-state index in [4.69, 9.17) is 0 Å². The highest BCUT2D eigenvalue weighted by molar-refractivity contribution is 6.23. The molecule has 280 valence electrons. The van der Waals surface area contributed by atoms with Crippen LogP contribution in [-0.2, 0) is 0 Å². The molecule has 0 fully saturated rings. The molecule has 0 saturated carbocycles. The molecule has 0 bridgehead atoms. The summed E-state index contributed by atoms with van der Waals surface area (Å²) in [5.41, 5.74) is 17.1. The molecule has 0 heteroatoms. The van der Waals surface area contributed by atoms with Gasteiger partial charge in [0.25, 0.3) is 0 Å². The topological polar surface area (TPSA) is 0 Å². The SMILES string of the molecule is c1ccc(-c2c(-c3ccccc3)c(-c3ccccc3)c3cc(-c4ccc5c(-c6ccccc6)c6ccccc6c(-c6ccccc6)c5c4)ccc3c2-c2ccccc2)cc1. The number of fused-ring (bicyclic) bond motifs is 3. The molecule has 0 aliphatic carbocycles. The normalized spacial score (nSPS) is 11.3. The zero-order chi connectivity index (χ0) is 39.8. The molecule has 11 aromatic carbocycles. The molecule has 0 spiro atoms. The predicted molar refractivity (Wildman–Crippen MR) is 257 cm³/mol. The van der Waals surface area contributed by atoms with Crippen molar-refractivity contribution in [2.45, 2.75) is 0 Å². The van der Waals surface area contributed by atoms with Gasteiger partial charge in [-0.2, -0.15) is 0 Å². The Hall–Kier alpha value is -7.80. The fraction of sp³-hybridized carbons (Fsp3) is 0. The predicted octanol–water partition coefficient (Wildman–Crippen LogP) is 16.8. The van der Waals surface area contributed by atoms with Crippen LogP contribution in [0.1, 0.15) is 0 Å². The van der Waals surface area contributed by atoms with E-state index in [1.165, 1.54) is 110 Å². The Morgan fingerprint density at radius 3 is 0.733 bits per heavy atom. The number of hydrogen-bond acceptors (Lipinski definition) is 0. The van der Waals surface area contributed by atoms with Crippen molar-refractivity contribution in [3.05, 3.63) is 243 Å². The highest BCUT2D eigenvalue weighted by atomic mass is 14.3. The lowest BCUT2D eigenvalue weighted by Crippen LogP contribution is -1.98. The van der Waals surface area contributed by atoms with E-state index < -0.39 is 0 Å². The lowest BCUT2D eigenvalue weighted by Gasteiger charge is -2.25. The first-order chi connectivity index (χ1) is 29.8. The second-order valence-corrected chi connectivity index (χ2v) is 15.5. The van der Waals surface area contributed by atoms with Gasteiger partial charge in [0, 0.05) is 0 Å². The second-order valence-electron chi connectivity index (χ2n) is 15.5. The van der Waals surface area contributed by atoms with Crippen LogP contribution in [0.5, 0.6) is 0 Å². The van der Waals surface area contributed by atoms with Crippen molar-refractivity contribution in [3.8, 4) is 77.9 Å². The largest absolute Gasteiger partial charge is 0.0622 e. The Kier molecular flexibility index (Phi) is 8.95. The van der Waals surface area contributed by atoms with Crippen LogP contribution in [0.2, 0.25) is 0 Å². The van der Waals surface area contributed by atoms with Crippen molar-refractivity contribution < 1.29 is 0 Å². The lowest BCUT2D eigenvalue weighted by atomic mass is 9.78. The van der Waals surface area contributed by atoms with Gasteiger partial charge in [-0.25, -0.2) is 0 Å². The summed E-state index contributed by atoms with van der Waals surface area (Å²) in [6, 6.07) is 88.8. The van der Waals surface area contributed by atoms with E-state index in [1.807, 2.05) is 0 Å². The highest BCUT2D eigenvalue weighted by Gasteiger charge is 2.25. The maximum atomic E-state index is 2.45. The number of hydrogen-bond donors (Lipinski definition) is 0. The fourth-order valence-corrected chi connectivity index (χ4v) is 9.45. The summed E-state index contributed by atoms with van der Waals surface area (Å²) >= 11 is 0. The third-order valence-corrected chi connectivity index (χ3v) is 12.0. The summed E-state index contributed by atoms with van der Waals surface area (Å²) in [7, 11) is 0. The van der Waals surface area contributed by atoms with E-state index in [0.29, 0.717) is 0 Å². The molecule has 0 radical (unpaired) electrons. The molecule has 0 heterocycles. The molecule has 0 aromatic heterocycles. The van der Waals surface area contributed by atoms with Crippen molar-refractivity contribution in [1.29, 1.82) is 0 Å². The van der Waals surface area contributed by atoms with Crippen LogP contribution in [0, 0.1) is 0 Å². The van der Waals surface area contributed by atoms with Gasteiger partial charge in [0.05, 0.1) is 0 Å². The van der Waals surface area contributed by atoms with E-state index >= 15 is 0 Å². The standard InChI is InChI=1S/C60H40/c1-7-21-41(22-8-1)55-49-33-19-20-34-50(49)56(42-23-9-2-10-24-42)53-39-47(35-37-51(53)55)48-36-38-52-54(40-48)58(44-27-13-4-14-28-44)60(46-31-17-6-18-32-46)59(45-29-15-5-16-30-45)57(52)43-25-11-3-12-26-43/h1-40H. The average molecular weight is 761 g/mol. The van der Waals surface area contributed by atoms with Crippen LogP contribution in [0.25, 0.3) is 110 Å². The minimum atomic E-state index is 1.18. The number of benzene rings is 11.